The fourth-order valence-corrected chi connectivity index (χ4v) is 3.70. The minimum atomic E-state index is -0.365. The number of morpholine rings is 1. The summed E-state index contributed by atoms with van der Waals surface area (Å²) in [5.74, 6) is 0.0912. The van der Waals surface area contributed by atoms with E-state index in [1.54, 1.807) is 19.1 Å². The molecular weight excluding hydrogens is 310 g/mol. The number of non-ortho nitro benzene ring substituents is 1. The molecule has 1 atom stereocenters. The number of ether oxygens (including phenoxy) is 1. The van der Waals surface area contributed by atoms with Crippen molar-refractivity contribution in [2.45, 2.75) is 31.9 Å². The van der Waals surface area contributed by atoms with Crippen LogP contribution >= 0.6 is 0 Å². The fraction of sp³-hybridized carbons (Fsp3) is 0.588. The van der Waals surface area contributed by atoms with Gasteiger partial charge in [0, 0.05) is 45.2 Å². The number of benzene rings is 1. The van der Waals surface area contributed by atoms with E-state index in [0.29, 0.717) is 19.7 Å². The summed E-state index contributed by atoms with van der Waals surface area (Å²) in [6.45, 7) is 5.86. The Balaban J connectivity index is 1.68. The highest BCUT2D eigenvalue weighted by atomic mass is 16.6. The summed E-state index contributed by atoms with van der Waals surface area (Å²) in [6, 6.07) is 6.78. The molecule has 1 unspecified atom stereocenters. The predicted molar refractivity (Wildman–Crippen MR) is 88.5 cm³/mol. The number of likely N-dealkylation sites (tertiary alicyclic amines) is 1. The molecule has 2 aliphatic heterocycles. The highest BCUT2D eigenvalue weighted by Gasteiger charge is 2.41. The normalized spacial score (nSPS) is 25.0. The highest BCUT2D eigenvalue weighted by molar-refractivity contribution is 5.73. The van der Waals surface area contributed by atoms with Gasteiger partial charge in [0.05, 0.1) is 23.7 Å². The lowest BCUT2D eigenvalue weighted by atomic mass is 9.90. The monoisotopic (exact) mass is 333 g/mol. The second kappa shape index (κ2) is 6.86. The molecule has 1 aromatic rings. The first-order valence-electron chi connectivity index (χ1n) is 8.33. The zero-order valence-corrected chi connectivity index (χ0v) is 13.9. The summed E-state index contributed by atoms with van der Waals surface area (Å²) in [6.07, 6.45) is 1.90. The Morgan fingerprint density at radius 1 is 1.38 bits per heavy atom. The van der Waals surface area contributed by atoms with Crippen LogP contribution < -0.4 is 0 Å². The van der Waals surface area contributed by atoms with E-state index in [9.17, 15) is 14.9 Å². The van der Waals surface area contributed by atoms with E-state index in [1.165, 1.54) is 6.07 Å². The number of hydrogen-bond donors (Lipinski definition) is 0. The Labute approximate surface area is 141 Å². The quantitative estimate of drug-likeness (QED) is 0.623. The van der Waals surface area contributed by atoms with E-state index in [2.05, 4.69) is 4.90 Å². The van der Waals surface area contributed by atoms with Crippen molar-refractivity contribution in [2.75, 3.05) is 32.8 Å². The Kier molecular flexibility index (Phi) is 4.82. The Hall–Kier alpha value is -1.99. The fourth-order valence-electron chi connectivity index (χ4n) is 3.70. The number of piperidine rings is 1. The number of rotatable bonds is 3. The van der Waals surface area contributed by atoms with Gasteiger partial charge in [-0.1, -0.05) is 12.1 Å². The highest BCUT2D eigenvalue weighted by Crippen LogP contribution is 2.30. The van der Waals surface area contributed by atoms with Crippen LogP contribution in [0.5, 0.6) is 0 Å². The molecule has 130 valence electrons. The average molecular weight is 333 g/mol. The van der Waals surface area contributed by atoms with Crippen molar-refractivity contribution in [3.63, 3.8) is 0 Å². The molecular formula is C17H23N3O4. The molecule has 1 amide bonds. The summed E-state index contributed by atoms with van der Waals surface area (Å²) in [5.41, 5.74) is 0.750. The molecule has 1 spiro atoms. The third-order valence-corrected chi connectivity index (χ3v) is 4.84. The Morgan fingerprint density at radius 3 is 2.96 bits per heavy atom. The molecule has 7 heteroatoms. The van der Waals surface area contributed by atoms with Crippen molar-refractivity contribution < 1.29 is 14.5 Å². The summed E-state index contributed by atoms with van der Waals surface area (Å²) in [7, 11) is 0. The smallest absolute Gasteiger partial charge is 0.269 e. The predicted octanol–water partition coefficient (Wildman–Crippen LogP) is 1.81. The lowest BCUT2D eigenvalue weighted by Crippen LogP contribution is -2.60. The second-order valence-corrected chi connectivity index (χ2v) is 6.71. The number of carbonyl (C=O) groups is 1. The molecule has 2 aliphatic rings. The number of nitro groups is 1. The zero-order valence-electron chi connectivity index (χ0n) is 13.9. The van der Waals surface area contributed by atoms with Gasteiger partial charge in [0.2, 0.25) is 5.91 Å². The molecule has 0 saturated carbocycles. The summed E-state index contributed by atoms with van der Waals surface area (Å²) < 4.78 is 6.07. The van der Waals surface area contributed by atoms with E-state index in [4.69, 9.17) is 4.74 Å². The Bertz CT molecular complexity index is 632. The third-order valence-electron chi connectivity index (χ3n) is 4.84. The van der Waals surface area contributed by atoms with Crippen LogP contribution in [-0.2, 0) is 16.1 Å². The van der Waals surface area contributed by atoms with E-state index in [-0.39, 0.29) is 22.1 Å². The van der Waals surface area contributed by atoms with Crippen LogP contribution in [-0.4, -0.2) is 59.0 Å². The summed E-state index contributed by atoms with van der Waals surface area (Å²) in [4.78, 5) is 26.4. The first-order valence-corrected chi connectivity index (χ1v) is 8.33. The van der Waals surface area contributed by atoms with Crippen LogP contribution in [0, 0.1) is 10.1 Å². The van der Waals surface area contributed by atoms with Crippen molar-refractivity contribution >= 4 is 11.6 Å². The van der Waals surface area contributed by atoms with Gasteiger partial charge in [0.1, 0.15) is 0 Å². The number of amides is 1. The second-order valence-electron chi connectivity index (χ2n) is 6.71. The van der Waals surface area contributed by atoms with Crippen LogP contribution in [0.1, 0.15) is 25.3 Å². The molecule has 1 aromatic carbocycles. The van der Waals surface area contributed by atoms with E-state index in [1.807, 2.05) is 11.0 Å². The average Bonchev–Trinajstić information content (AvgIpc) is 2.55. The van der Waals surface area contributed by atoms with E-state index < -0.39 is 0 Å². The molecule has 2 saturated heterocycles. The molecule has 3 rings (SSSR count). The molecule has 0 radical (unpaired) electrons. The van der Waals surface area contributed by atoms with Gasteiger partial charge in [-0.05, 0) is 18.4 Å². The largest absolute Gasteiger partial charge is 0.370 e. The van der Waals surface area contributed by atoms with Gasteiger partial charge in [0.15, 0.2) is 0 Å². The van der Waals surface area contributed by atoms with Crippen LogP contribution in [0.4, 0.5) is 5.69 Å². The minimum absolute atomic E-state index is 0.0912. The molecule has 24 heavy (non-hydrogen) atoms. The van der Waals surface area contributed by atoms with E-state index in [0.717, 1.165) is 38.0 Å². The topological polar surface area (TPSA) is 75.9 Å². The van der Waals surface area contributed by atoms with Crippen molar-refractivity contribution in [3.05, 3.63) is 39.9 Å². The van der Waals surface area contributed by atoms with Crippen molar-refractivity contribution in [3.8, 4) is 0 Å². The summed E-state index contributed by atoms with van der Waals surface area (Å²) >= 11 is 0. The maximum atomic E-state index is 11.7. The molecule has 0 aromatic heterocycles. The third kappa shape index (κ3) is 3.73. The zero-order chi connectivity index (χ0) is 17.2. The molecule has 2 heterocycles. The summed E-state index contributed by atoms with van der Waals surface area (Å²) in [5, 5.41) is 10.9. The van der Waals surface area contributed by atoms with Gasteiger partial charge in [0.25, 0.3) is 5.69 Å². The Morgan fingerprint density at radius 2 is 2.21 bits per heavy atom. The van der Waals surface area contributed by atoms with Crippen molar-refractivity contribution in [1.82, 2.24) is 9.80 Å². The van der Waals surface area contributed by atoms with Crippen LogP contribution in [0.15, 0.2) is 24.3 Å². The van der Waals surface area contributed by atoms with Crippen LogP contribution in [0.2, 0.25) is 0 Å². The van der Waals surface area contributed by atoms with Crippen molar-refractivity contribution in [2.24, 2.45) is 0 Å². The lowest BCUT2D eigenvalue weighted by molar-refractivity contribution is -0.384. The van der Waals surface area contributed by atoms with Gasteiger partial charge in [-0.25, -0.2) is 0 Å². The van der Waals surface area contributed by atoms with Crippen LogP contribution in [0.25, 0.3) is 0 Å². The van der Waals surface area contributed by atoms with Gasteiger partial charge >= 0.3 is 0 Å². The number of nitrogens with zero attached hydrogens (tertiary/aromatic N) is 3. The first kappa shape index (κ1) is 16.9. The molecule has 0 aliphatic carbocycles. The van der Waals surface area contributed by atoms with Gasteiger partial charge < -0.3 is 9.64 Å². The molecule has 7 nitrogen and oxygen atoms in total. The SMILES string of the molecule is CC(=O)N1CCCC2(CN(Cc3cccc([N+](=O)[O-])c3)CCO2)C1. The molecule has 2 fully saturated rings. The minimum Gasteiger partial charge on any atom is -0.370 e. The lowest BCUT2D eigenvalue weighted by Gasteiger charge is -2.48. The van der Waals surface area contributed by atoms with Gasteiger partial charge in [-0.3, -0.25) is 19.8 Å². The van der Waals surface area contributed by atoms with Crippen molar-refractivity contribution in [1.29, 1.82) is 0 Å². The first-order chi connectivity index (χ1) is 11.5. The standard InChI is InChI=1S/C17H23N3O4/c1-14(21)19-7-3-6-17(13-19)12-18(8-9-24-17)11-15-4-2-5-16(10-15)20(22)23/h2,4-5,10H,3,6-9,11-13H2,1H3. The molecule has 0 bridgehead atoms. The number of hydrogen-bond acceptors (Lipinski definition) is 5. The number of carbonyl (C=O) groups excluding carboxylic acids is 1. The van der Waals surface area contributed by atoms with Crippen LogP contribution in [0.3, 0.4) is 0 Å². The van der Waals surface area contributed by atoms with E-state index >= 15 is 0 Å². The maximum absolute atomic E-state index is 11.7. The maximum Gasteiger partial charge on any atom is 0.269 e. The van der Waals surface area contributed by atoms with Gasteiger partial charge in [-0.2, -0.15) is 0 Å². The number of nitro benzene ring substituents is 1. The van der Waals surface area contributed by atoms with Gasteiger partial charge in [-0.15, -0.1) is 0 Å². The molecule has 0 N–H and O–H groups in total.